The quantitative estimate of drug-likeness (QED) is 0.528. The number of hydrogen-bond acceptors (Lipinski definition) is 4. The van der Waals surface area contributed by atoms with E-state index in [1.54, 1.807) is 4.68 Å². The molecule has 1 aliphatic heterocycles. The first kappa shape index (κ1) is 9.94. The molecule has 0 unspecified atom stereocenters. The van der Waals surface area contributed by atoms with Crippen LogP contribution in [0.15, 0.2) is 6.20 Å². The fourth-order valence-electron chi connectivity index (χ4n) is 1.32. The molecule has 1 N–H and O–H groups in total. The zero-order valence-corrected chi connectivity index (χ0v) is 7.58. The third-order valence-electron chi connectivity index (χ3n) is 1.92. The highest BCUT2D eigenvalue weighted by Gasteiger charge is 2.21. The Bertz CT molecular complexity index is 324. The van der Waals surface area contributed by atoms with Crippen LogP contribution in [-0.2, 0) is 13.1 Å². The summed E-state index contributed by atoms with van der Waals surface area (Å²) in [5.74, 6) is 0. The van der Waals surface area contributed by atoms with Crippen LogP contribution in [0.5, 0.6) is 0 Å². The topological polar surface area (TPSA) is 73.0 Å². The van der Waals surface area contributed by atoms with E-state index >= 15 is 0 Å². The maximum atomic E-state index is 10.5. The number of hydrogen-bond donors (Lipinski definition) is 1. The summed E-state index contributed by atoms with van der Waals surface area (Å²) in [7, 11) is 0. The molecule has 0 atom stereocenters. The van der Waals surface area contributed by atoms with Crippen molar-refractivity contribution in [3.63, 3.8) is 0 Å². The second-order valence-corrected chi connectivity index (χ2v) is 2.63. The zero-order chi connectivity index (χ0) is 8.55. The second-order valence-electron chi connectivity index (χ2n) is 2.63. The van der Waals surface area contributed by atoms with Crippen molar-refractivity contribution in [3.8, 4) is 0 Å². The van der Waals surface area contributed by atoms with Gasteiger partial charge < -0.3 is 5.32 Å². The lowest BCUT2D eigenvalue weighted by atomic mass is 10.3. The van der Waals surface area contributed by atoms with Gasteiger partial charge in [-0.3, -0.25) is 14.8 Å². The molecular weight excluding hydrogens is 196 g/mol. The minimum Gasteiger partial charge on any atom is -0.309 e. The fraction of sp³-hybridized carbons (Fsp3) is 0.500. The van der Waals surface area contributed by atoms with E-state index in [2.05, 4.69) is 10.4 Å². The van der Waals surface area contributed by atoms with Gasteiger partial charge in [-0.2, -0.15) is 5.10 Å². The summed E-state index contributed by atoms with van der Waals surface area (Å²) in [5, 5.41) is 17.4. The van der Waals surface area contributed by atoms with E-state index in [4.69, 9.17) is 0 Å². The Morgan fingerprint density at radius 2 is 2.46 bits per heavy atom. The van der Waals surface area contributed by atoms with Crippen molar-refractivity contribution in [2.24, 2.45) is 0 Å². The van der Waals surface area contributed by atoms with Gasteiger partial charge in [-0.05, 0) is 0 Å². The number of nitro groups is 1. The van der Waals surface area contributed by atoms with Crippen molar-refractivity contribution in [2.75, 3.05) is 6.54 Å². The molecule has 0 fully saturated rings. The van der Waals surface area contributed by atoms with E-state index in [9.17, 15) is 10.1 Å². The summed E-state index contributed by atoms with van der Waals surface area (Å²) in [5.41, 5.74) is 0.786. The van der Waals surface area contributed by atoms with E-state index < -0.39 is 4.92 Å². The van der Waals surface area contributed by atoms with E-state index in [0.717, 1.165) is 6.54 Å². The van der Waals surface area contributed by atoms with Crippen molar-refractivity contribution in [2.45, 2.75) is 13.1 Å². The van der Waals surface area contributed by atoms with Crippen LogP contribution in [0.3, 0.4) is 0 Å². The minimum atomic E-state index is -0.397. The Morgan fingerprint density at radius 1 is 1.69 bits per heavy atom. The molecule has 0 amide bonds. The number of nitrogens with zero attached hydrogens (tertiary/aromatic N) is 3. The van der Waals surface area contributed by atoms with Crippen molar-refractivity contribution in [1.29, 1.82) is 0 Å². The van der Waals surface area contributed by atoms with Crippen molar-refractivity contribution in [1.82, 2.24) is 15.1 Å². The minimum absolute atomic E-state index is 0. The largest absolute Gasteiger partial charge is 0.311 e. The molecule has 0 aliphatic carbocycles. The lowest BCUT2D eigenvalue weighted by Crippen LogP contribution is -2.28. The molecule has 2 rings (SSSR count). The van der Waals surface area contributed by atoms with Gasteiger partial charge in [-0.15, -0.1) is 12.4 Å². The van der Waals surface area contributed by atoms with Crippen LogP contribution in [0.25, 0.3) is 0 Å². The number of aromatic nitrogens is 2. The predicted molar refractivity (Wildman–Crippen MR) is 47.8 cm³/mol. The summed E-state index contributed by atoms with van der Waals surface area (Å²) < 4.78 is 1.68. The number of fused-ring (bicyclic) bond motifs is 1. The standard InChI is InChI=1S/C6H8N4O2.ClH/c11-10(12)6-4-8-9-2-1-7-3-5(6)9;/h4,7H,1-3H2;1H. The molecule has 2 heterocycles. The van der Waals surface area contributed by atoms with Gasteiger partial charge in [-0.1, -0.05) is 0 Å². The SMILES string of the molecule is Cl.O=[N+]([O-])c1cnn2c1CNCC2. The van der Waals surface area contributed by atoms with Crippen LogP contribution in [0, 0.1) is 10.1 Å². The van der Waals surface area contributed by atoms with Gasteiger partial charge in [0.1, 0.15) is 11.9 Å². The molecule has 0 bridgehead atoms. The third kappa shape index (κ3) is 1.63. The molecule has 6 nitrogen and oxygen atoms in total. The number of rotatable bonds is 1. The molecular formula is C6H9ClN4O2. The van der Waals surface area contributed by atoms with Crippen LogP contribution in [-0.4, -0.2) is 21.2 Å². The molecule has 0 radical (unpaired) electrons. The first-order valence-electron chi connectivity index (χ1n) is 3.69. The molecule has 0 saturated carbocycles. The van der Waals surface area contributed by atoms with E-state index in [1.807, 2.05) is 0 Å². The Hall–Kier alpha value is -1.14. The van der Waals surface area contributed by atoms with Gasteiger partial charge in [0.25, 0.3) is 0 Å². The first-order chi connectivity index (χ1) is 5.79. The summed E-state index contributed by atoms with van der Waals surface area (Å²) >= 11 is 0. The molecule has 1 aromatic rings. The fourth-order valence-corrected chi connectivity index (χ4v) is 1.32. The summed E-state index contributed by atoms with van der Waals surface area (Å²) in [6.07, 6.45) is 1.31. The Balaban J connectivity index is 0.000000845. The summed E-state index contributed by atoms with van der Waals surface area (Å²) in [4.78, 5) is 10.1. The van der Waals surface area contributed by atoms with Gasteiger partial charge in [0.2, 0.25) is 0 Å². The van der Waals surface area contributed by atoms with Crippen LogP contribution < -0.4 is 5.32 Å². The Labute approximate surface area is 80.5 Å². The summed E-state index contributed by atoms with van der Waals surface area (Å²) in [6.45, 7) is 2.07. The Morgan fingerprint density at radius 3 is 3.15 bits per heavy atom. The van der Waals surface area contributed by atoms with Gasteiger partial charge in [-0.25, -0.2) is 0 Å². The van der Waals surface area contributed by atoms with Crippen LogP contribution in [0.2, 0.25) is 0 Å². The lowest BCUT2D eigenvalue weighted by Gasteiger charge is -2.13. The molecule has 0 spiro atoms. The molecule has 1 aliphatic rings. The number of nitrogens with one attached hydrogen (secondary N) is 1. The van der Waals surface area contributed by atoms with Gasteiger partial charge in [0.05, 0.1) is 11.5 Å². The smallest absolute Gasteiger partial charge is 0.309 e. The van der Waals surface area contributed by atoms with Crippen LogP contribution in [0.1, 0.15) is 5.69 Å². The van der Waals surface area contributed by atoms with Crippen molar-refractivity contribution >= 4 is 18.1 Å². The van der Waals surface area contributed by atoms with Gasteiger partial charge in [0, 0.05) is 13.1 Å². The maximum Gasteiger partial charge on any atom is 0.311 e. The third-order valence-corrected chi connectivity index (χ3v) is 1.92. The average Bonchev–Trinajstić information content (AvgIpc) is 2.47. The highest BCUT2D eigenvalue weighted by atomic mass is 35.5. The highest BCUT2D eigenvalue weighted by Crippen LogP contribution is 2.18. The molecule has 0 saturated heterocycles. The van der Waals surface area contributed by atoms with Gasteiger partial charge in [0.15, 0.2) is 0 Å². The maximum absolute atomic E-state index is 10.5. The van der Waals surface area contributed by atoms with Crippen molar-refractivity contribution in [3.05, 3.63) is 22.0 Å². The van der Waals surface area contributed by atoms with Crippen LogP contribution in [0.4, 0.5) is 5.69 Å². The van der Waals surface area contributed by atoms with Crippen molar-refractivity contribution < 1.29 is 4.92 Å². The predicted octanol–water partition coefficient (Wildman–Crippen LogP) is 0.316. The molecule has 72 valence electrons. The zero-order valence-electron chi connectivity index (χ0n) is 6.77. The monoisotopic (exact) mass is 204 g/mol. The highest BCUT2D eigenvalue weighted by molar-refractivity contribution is 5.85. The van der Waals surface area contributed by atoms with Gasteiger partial charge >= 0.3 is 5.69 Å². The first-order valence-corrected chi connectivity index (χ1v) is 3.69. The number of halogens is 1. The molecule has 0 aromatic carbocycles. The normalized spacial score (nSPS) is 14.5. The lowest BCUT2D eigenvalue weighted by molar-refractivity contribution is -0.385. The molecule has 7 heteroatoms. The van der Waals surface area contributed by atoms with E-state index in [0.29, 0.717) is 18.8 Å². The molecule has 1 aromatic heterocycles. The average molecular weight is 205 g/mol. The van der Waals surface area contributed by atoms with E-state index in [-0.39, 0.29) is 18.1 Å². The second kappa shape index (κ2) is 3.71. The van der Waals surface area contributed by atoms with E-state index in [1.165, 1.54) is 6.20 Å². The molecule has 13 heavy (non-hydrogen) atoms. The van der Waals surface area contributed by atoms with Crippen LogP contribution >= 0.6 is 12.4 Å². The summed E-state index contributed by atoms with van der Waals surface area (Å²) in [6, 6.07) is 0. The Kier molecular flexibility index (Phi) is 2.84.